The number of ether oxygens (including phenoxy) is 2. The van der Waals surface area contributed by atoms with Crippen molar-refractivity contribution in [3.63, 3.8) is 0 Å². The zero-order valence-electron chi connectivity index (χ0n) is 19.1. The molecule has 2 aromatic rings. The lowest BCUT2D eigenvalue weighted by atomic mass is 9.81. The van der Waals surface area contributed by atoms with Crippen LogP contribution >= 0.6 is 0 Å². The van der Waals surface area contributed by atoms with Gasteiger partial charge in [-0.3, -0.25) is 0 Å². The van der Waals surface area contributed by atoms with E-state index in [4.69, 9.17) is 9.47 Å². The van der Waals surface area contributed by atoms with E-state index in [2.05, 4.69) is 37.8 Å². The Balaban J connectivity index is 1.36. The van der Waals surface area contributed by atoms with Gasteiger partial charge in [0.2, 0.25) is 0 Å². The molecule has 2 N–H and O–H groups in total. The van der Waals surface area contributed by atoms with Crippen LogP contribution in [0.3, 0.4) is 0 Å². The number of nitrogens with zero attached hydrogens (tertiary/aromatic N) is 1. The number of fused-ring (bicyclic) bond motifs is 1. The average Bonchev–Trinajstić information content (AvgIpc) is 2.75. The third-order valence-corrected chi connectivity index (χ3v) is 6.83. The summed E-state index contributed by atoms with van der Waals surface area (Å²) in [6.45, 7) is 8.88. The number of piperidine rings is 1. The molecule has 0 amide bonds. The molecule has 5 heteroatoms. The summed E-state index contributed by atoms with van der Waals surface area (Å²) < 4.78 is 11.7. The molecule has 168 valence electrons. The molecule has 0 aliphatic carbocycles. The molecule has 31 heavy (non-hydrogen) atoms. The first-order valence-corrected chi connectivity index (χ1v) is 11.2. The highest BCUT2D eigenvalue weighted by Crippen LogP contribution is 2.45. The van der Waals surface area contributed by atoms with Gasteiger partial charge in [0.25, 0.3) is 0 Å². The number of likely N-dealkylation sites (tertiary alicyclic amines) is 1. The number of hydrogen-bond acceptors (Lipinski definition) is 5. The topological polar surface area (TPSA) is 62.2 Å². The van der Waals surface area contributed by atoms with E-state index in [0.717, 1.165) is 48.6 Å². The predicted octanol–water partition coefficient (Wildman–Crippen LogP) is 4.38. The number of rotatable bonds is 4. The van der Waals surface area contributed by atoms with Crippen LogP contribution in [-0.4, -0.2) is 47.5 Å². The van der Waals surface area contributed by atoms with E-state index >= 15 is 0 Å². The van der Waals surface area contributed by atoms with E-state index in [1.54, 1.807) is 7.11 Å². The van der Waals surface area contributed by atoms with E-state index in [1.165, 1.54) is 5.56 Å². The molecule has 0 radical (unpaired) electrons. The lowest BCUT2D eigenvalue weighted by Gasteiger charge is -2.46. The van der Waals surface area contributed by atoms with Crippen LogP contribution in [0, 0.1) is 0 Å². The van der Waals surface area contributed by atoms with Gasteiger partial charge in [0.05, 0.1) is 19.3 Å². The van der Waals surface area contributed by atoms with Crippen LogP contribution in [0.2, 0.25) is 0 Å². The van der Waals surface area contributed by atoms with Gasteiger partial charge in [-0.1, -0.05) is 45.0 Å². The first-order valence-electron chi connectivity index (χ1n) is 11.2. The Bertz CT molecular complexity index is 895. The van der Waals surface area contributed by atoms with Crippen LogP contribution in [0.5, 0.6) is 11.5 Å². The Morgan fingerprint density at radius 1 is 1.13 bits per heavy atom. The largest absolute Gasteiger partial charge is 0.497 e. The van der Waals surface area contributed by atoms with Crippen molar-refractivity contribution in [1.29, 1.82) is 0 Å². The zero-order chi connectivity index (χ0) is 22.2. The minimum absolute atomic E-state index is 0.110. The van der Waals surface area contributed by atoms with E-state index in [0.29, 0.717) is 13.0 Å². The van der Waals surface area contributed by atoms with Gasteiger partial charge in [-0.2, -0.15) is 0 Å². The molecular formula is C26H35NO4. The Kier molecular flexibility index (Phi) is 6.03. The fourth-order valence-electron chi connectivity index (χ4n) is 4.75. The monoisotopic (exact) mass is 425 g/mol. The summed E-state index contributed by atoms with van der Waals surface area (Å²) in [5.41, 5.74) is 2.81. The van der Waals surface area contributed by atoms with Crippen molar-refractivity contribution >= 4 is 0 Å². The maximum Gasteiger partial charge on any atom is 0.126 e. The number of hydrogen-bond donors (Lipinski definition) is 2. The van der Waals surface area contributed by atoms with Gasteiger partial charge in [0.15, 0.2) is 0 Å². The Labute approximate surface area is 185 Å². The summed E-state index contributed by atoms with van der Waals surface area (Å²) >= 11 is 0. The zero-order valence-corrected chi connectivity index (χ0v) is 19.1. The van der Waals surface area contributed by atoms with Gasteiger partial charge in [-0.15, -0.1) is 0 Å². The van der Waals surface area contributed by atoms with E-state index in [9.17, 15) is 10.2 Å². The van der Waals surface area contributed by atoms with Gasteiger partial charge in [-0.25, -0.2) is 0 Å². The minimum atomic E-state index is -0.544. The van der Waals surface area contributed by atoms with Crippen LogP contribution in [0.4, 0.5) is 0 Å². The second kappa shape index (κ2) is 8.45. The molecular weight excluding hydrogens is 390 g/mol. The molecule has 5 nitrogen and oxygen atoms in total. The molecule has 1 fully saturated rings. The summed E-state index contributed by atoms with van der Waals surface area (Å²) in [4.78, 5) is 2.30. The molecule has 2 aliphatic rings. The molecule has 1 spiro atoms. The van der Waals surface area contributed by atoms with Crippen LogP contribution in [0.25, 0.3) is 0 Å². The molecule has 2 aliphatic heterocycles. The average molecular weight is 426 g/mol. The van der Waals surface area contributed by atoms with Crippen LogP contribution < -0.4 is 9.47 Å². The quantitative estimate of drug-likeness (QED) is 0.761. The van der Waals surface area contributed by atoms with Crippen molar-refractivity contribution in [1.82, 2.24) is 4.90 Å². The maximum absolute atomic E-state index is 10.8. The van der Waals surface area contributed by atoms with Crippen molar-refractivity contribution < 1.29 is 19.7 Å². The highest BCUT2D eigenvalue weighted by Gasteiger charge is 2.43. The van der Waals surface area contributed by atoms with Crippen molar-refractivity contribution in [2.75, 3.05) is 26.7 Å². The molecule has 2 heterocycles. The fraction of sp³-hybridized carbons (Fsp3) is 0.538. The van der Waals surface area contributed by atoms with Crippen molar-refractivity contribution in [3.8, 4) is 11.5 Å². The summed E-state index contributed by atoms with van der Waals surface area (Å²) in [6.07, 6.45) is 1.22. The summed E-state index contributed by atoms with van der Waals surface area (Å²) in [6, 6.07) is 14.0. The van der Waals surface area contributed by atoms with Gasteiger partial charge >= 0.3 is 0 Å². The third-order valence-electron chi connectivity index (χ3n) is 6.83. The van der Waals surface area contributed by atoms with Crippen LogP contribution in [-0.2, 0) is 5.41 Å². The predicted molar refractivity (Wildman–Crippen MR) is 122 cm³/mol. The maximum atomic E-state index is 10.8. The molecule has 0 bridgehead atoms. The number of methoxy groups -OCH3 is 1. The van der Waals surface area contributed by atoms with E-state index < -0.39 is 12.2 Å². The number of aliphatic hydroxyl groups excluding tert-OH is 2. The second-order valence-electron chi connectivity index (χ2n) is 10.1. The fourth-order valence-corrected chi connectivity index (χ4v) is 4.75. The Morgan fingerprint density at radius 3 is 2.42 bits per heavy atom. The van der Waals surface area contributed by atoms with Crippen molar-refractivity contribution in [2.24, 2.45) is 0 Å². The molecule has 2 aromatic carbocycles. The molecule has 0 saturated carbocycles. The molecule has 1 saturated heterocycles. The highest BCUT2D eigenvalue weighted by atomic mass is 16.5. The lowest BCUT2D eigenvalue weighted by Crippen LogP contribution is -2.51. The molecule has 0 aromatic heterocycles. The normalized spacial score (nSPS) is 21.9. The van der Waals surface area contributed by atoms with E-state index in [1.807, 2.05) is 30.3 Å². The smallest absolute Gasteiger partial charge is 0.126 e. The highest BCUT2D eigenvalue weighted by molar-refractivity contribution is 5.43. The molecule has 4 rings (SSSR count). The summed E-state index contributed by atoms with van der Waals surface area (Å²) in [7, 11) is 1.63. The Hall–Kier alpha value is -2.08. The number of aliphatic hydroxyl groups is 2. The standard InChI is InChI=1S/C26H35NO4/c1-25(2,3)19-7-5-18(6-8-19)23(29)17-27-13-11-26(12-14-27)16-22(28)21-15-20(30-4)9-10-24(21)31-26/h5-10,15,22-23,28-29H,11-14,16-17H2,1-4H3/t22-,23+/m0/s1. The van der Waals surface area contributed by atoms with Gasteiger partial charge in [0.1, 0.15) is 17.1 Å². The Morgan fingerprint density at radius 2 is 1.81 bits per heavy atom. The van der Waals surface area contributed by atoms with Crippen LogP contribution in [0.1, 0.15) is 68.9 Å². The summed E-state index contributed by atoms with van der Waals surface area (Å²) in [5, 5.41) is 21.5. The lowest BCUT2D eigenvalue weighted by molar-refractivity contribution is -0.0588. The molecule has 0 unspecified atom stereocenters. The first kappa shape index (κ1) is 22.1. The third kappa shape index (κ3) is 4.74. The second-order valence-corrected chi connectivity index (χ2v) is 10.1. The van der Waals surface area contributed by atoms with Gasteiger partial charge in [0, 0.05) is 31.6 Å². The van der Waals surface area contributed by atoms with Gasteiger partial charge < -0.3 is 24.6 Å². The minimum Gasteiger partial charge on any atom is -0.497 e. The van der Waals surface area contributed by atoms with Crippen molar-refractivity contribution in [3.05, 3.63) is 59.2 Å². The van der Waals surface area contributed by atoms with Gasteiger partial charge in [-0.05, 0) is 47.6 Å². The molecule has 2 atom stereocenters. The van der Waals surface area contributed by atoms with Crippen molar-refractivity contribution in [2.45, 2.75) is 63.3 Å². The number of benzene rings is 2. The van der Waals surface area contributed by atoms with Crippen LogP contribution in [0.15, 0.2) is 42.5 Å². The van der Waals surface area contributed by atoms with E-state index in [-0.39, 0.29) is 11.0 Å². The summed E-state index contributed by atoms with van der Waals surface area (Å²) in [5.74, 6) is 1.49. The first-order chi connectivity index (χ1) is 14.7. The number of β-amino-alcohol motifs (C(OH)–C–C–N with tert-alkyl or cyclic N) is 1. The SMILES string of the molecule is COc1ccc2c(c1)[C@@H](O)CC1(CCN(C[C@@H](O)c3ccc(C(C)(C)C)cc3)CC1)O2.